The van der Waals surface area contributed by atoms with Crippen LogP contribution in [0.5, 0.6) is 0 Å². The van der Waals surface area contributed by atoms with Crippen molar-refractivity contribution in [2.45, 2.75) is 0 Å². The van der Waals surface area contributed by atoms with Gasteiger partial charge in [0.25, 0.3) is 5.56 Å². The highest BCUT2D eigenvalue weighted by Gasteiger charge is 2.06. The van der Waals surface area contributed by atoms with Gasteiger partial charge in [-0.3, -0.25) is 4.79 Å². The van der Waals surface area contributed by atoms with Crippen molar-refractivity contribution in [2.24, 2.45) is 0 Å². The third kappa shape index (κ3) is 2.57. The average Bonchev–Trinajstić information content (AvgIpc) is 2.40. The summed E-state index contributed by atoms with van der Waals surface area (Å²) < 4.78 is 0. The molecular formula is C15H12BrClN2O. The van der Waals surface area contributed by atoms with Crippen LogP contribution in [0.25, 0.3) is 22.0 Å². The minimum absolute atomic E-state index is 0. The highest BCUT2D eigenvalue weighted by Crippen LogP contribution is 2.25. The number of aromatic nitrogens is 1. The zero-order chi connectivity index (χ0) is 13.4. The molecule has 0 saturated heterocycles. The fourth-order valence-electron chi connectivity index (χ4n) is 2.12. The fraction of sp³-hybridized carbons (Fsp3) is 0. The summed E-state index contributed by atoms with van der Waals surface area (Å²) in [7, 11) is 0. The van der Waals surface area contributed by atoms with Gasteiger partial charge in [0.15, 0.2) is 0 Å². The second-order valence-corrected chi connectivity index (χ2v) is 4.77. The van der Waals surface area contributed by atoms with E-state index in [-0.39, 0.29) is 22.5 Å². The van der Waals surface area contributed by atoms with Crippen LogP contribution < -0.4 is 11.3 Å². The van der Waals surface area contributed by atoms with Gasteiger partial charge < -0.3 is 10.7 Å². The monoisotopic (exact) mass is 350 g/mol. The minimum Gasteiger partial charge on any atom is -0.398 e. The largest absolute Gasteiger partial charge is 0.398 e. The first kappa shape index (κ1) is 14.6. The molecule has 0 bridgehead atoms. The Morgan fingerprint density at radius 3 is 2.50 bits per heavy atom. The van der Waals surface area contributed by atoms with Gasteiger partial charge in [-0.05, 0) is 35.9 Å². The molecule has 3 N–H and O–H groups in total. The van der Waals surface area contributed by atoms with Crippen LogP contribution in [0.3, 0.4) is 0 Å². The highest BCUT2D eigenvalue weighted by molar-refractivity contribution is 8.93. The lowest BCUT2D eigenvalue weighted by Gasteiger charge is -2.06. The van der Waals surface area contributed by atoms with Crippen molar-refractivity contribution >= 4 is 45.0 Å². The zero-order valence-electron chi connectivity index (χ0n) is 10.4. The molecule has 0 aliphatic heterocycles. The molecule has 0 radical (unpaired) electrons. The van der Waals surface area contributed by atoms with Crippen molar-refractivity contribution in [2.75, 3.05) is 5.73 Å². The van der Waals surface area contributed by atoms with E-state index in [1.807, 2.05) is 18.2 Å². The number of fused-ring (bicyclic) bond motifs is 1. The first-order valence-electron chi connectivity index (χ1n) is 5.82. The predicted molar refractivity (Wildman–Crippen MR) is 89.7 cm³/mol. The van der Waals surface area contributed by atoms with E-state index >= 15 is 0 Å². The van der Waals surface area contributed by atoms with Crippen molar-refractivity contribution in [3.8, 4) is 11.3 Å². The normalized spacial score (nSPS) is 10.2. The number of pyridine rings is 1. The lowest BCUT2D eigenvalue weighted by Crippen LogP contribution is -2.08. The number of rotatable bonds is 1. The van der Waals surface area contributed by atoms with Gasteiger partial charge in [-0.25, -0.2) is 0 Å². The lowest BCUT2D eigenvalue weighted by molar-refractivity contribution is 1.28. The number of nitrogen functional groups attached to an aromatic ring is 1. The van der Waals surface area contributed by atoms with Gasteiger partial charge in [-0.15, -0.1) is 17.0 Å². The Kier molecular flexibility index (Phi) is 4.16. The van der Waals surface area contributed by atoms with Crippen LogP contribution in [-0.2, 0) is 0 Å². The summed E-state index contributed by atoms with van der Waals surface area (Å²) in [6.45, 7) is 0. The van der Waals surface area contributed by atoms with E-state index in [1.165, 1.54) is 0 Å². The SMILES string of the molecule is Br.Nc1cccc2c(=O)[nH]c(-c3cccc(Cl)c3)cc12. The van der Waals surface area contributed by atoms with Crippen LogP contribution in [0, 0.1) is 0 Å². The number of benzene rings is 2. The van der Waals surface area contributed by atoms with E-state index < -0.39 is 0 Å². The van der Waals surface area contributed by atoms with Gasteiger partial charge in [-0.2, -0.15) is 0 Å². The summed E-state index contributed by atoms with van der Waals surface area (Å²) in [5.41, 5.74) is 7.92. The Hall–Kier alpha value is -1.78. The summed E-state index contributed by atoms with van der Waals surface area (Å²) >= 11 is 5.97. The first-order chi connectivity index (χ1) is 9.15. The summed E-state index contributed by atoms with van der Waals surface area (Å²) in [6, 6.07) is 14.5. The molecule has 102 valence electrons. The molecule has 3 nitrogen and oxygen atoms in total. The Morgan fingerprint density at radius 1 is 1.00 bits per heavy atom. The van der Waals surface area contributed by atoms with Crippen molar-refractivity contribution < 1.29 is 0 Å². The summed E-state index contributed by atoms with van der Waals surface area (Å²) in [5.74, 6) is 0. The average molecular weight is 352 g/mol. The van der Waals surface area contributed by atoms with E-state index in [1.54, 1.807) is 30.3 Å². The molecule has 2 aromatic carbocycles. The van der Waals surface area contributed by atoms with Crippen LogP contribution in [0.15, 0.2) is 53.3 Å². The molecule has 0 spiro atoms. The van der Waals surface area contributed by atoms with Gasteiger partial charge in [0.2, 0.25) is 0 Å². The molecule has 0 aliphatic carbocycles. The third-order valence-corrected chi connectivity index (χ3v) is 3.29. The number of hydrogen-bond donors (Lipinski definition) is 2. The molecule has 0 aliphatic rings. The summed E-state index contributed by atoms with van der Waals surface area (Å²) in [6.07, 6.45) is 0. The van der Waals surface area contributed by atoms with E-state index in [0.717, 1.165) is 10.9 Å². The number of halogens is 2. The van der Waals surface area contributed by atoms with Crippen LogP contribution in [0.1, 0.15) is 0 Å². The first-order valence-corrected chi connectivity index (χ1v) is 6.20. The Morgan fingerprint density at radius 2 is 1.75 bits per heavy atom. The maximum atomic E-state index is 12.1. The molecule has 3 aromatic rings. The molecule has 3 rings (SSSR count). The van der Waals surface area contributed by atoms with Crippen molar-refractivity contribution in [3.63, 3.8) is 0 Å². The highest BCUT2D eigenvalue weighted by atomic mass is 79.9. The van der Waals surface area contributed by atoms with Gasteiger partial charge >= 0.3 is 0 Å². The number of nitrogens with two attached hydrogens (primary N) is 1. The van der Waals surface area contributed by atoms with Crippen LogP contribution in [0.4, 0.5) is 5.69 Å². The molecule has 0 fully saturated rings. The zero-order valence-corrected chi connectivity index (χ0v) is 12.9. The molecule has 1 aromatic heterocycles. The topological polar surface area (TPSA) is 58.9 Å². The van der Waals surface area contributed by atoms with E-state index in [2.05, 4.69) is 4.98 Å². The maximum Gasteiger partial charge on any atom is 0.256 e. The molecule has 5 heteroatoms. The molecular weight excluding hydrogens is 340 g/mol. The molecule has 0 unspecified atom stereocenters. The van der Waals surface area contributed by atoms with Crippen molar-refractivity contribution in [3.05, 3.63) is 63.9 Å². The molecule has 20 heavy (non-hydrogen) atoms. The van der Waals surface area contributed by atoms with E-state index in [9.17, 15) is 4.79 Å². The van der Waals surface area contributed by atoms with Crippen LogP contribution >= 0.6 is 28.6 Å². The van der Waals surface area contributed by atoms with E-state index in [0.29, 0.717) is 21.8 Å². The van der Waals surface area contributed by atoms with Crippen molar-refractivity contribution in [1.82, 2.24) is 4.98 Å². The van der Waals surface area contributed by atoms with Crippen LogP contribution in [-0.4, -0.2) is 4.98 Å². The van der Waals surface area contributed by atoms with Gasteiger partial charge in [0.05, 0.1) is 0 Å². The Labute approximate surface area is 131 Å². The standard InChI is InChI=1S/C15H11ClN2O.BrH/c16-10-4-1-3-9(7-10)14-8-12-11(15(19)18-14)5-2-6-13(12)17;/h1-8H,17H2,(H,18,19);1H. The summed E-state index contributed by atoms with van der Waals surface area (Å²) in [4.78, 5) is 14.9. The summed E-state index contributed by atoms with van der Waals surface area (Å²) in [5, 5.41) is 1.96. The number of hydrogen-bond acceptors (Lipinski definition) is 2. The number of anilines is 1. The van der Waals surface area contributed by atoms with Gasteiger partial charge in [-0.1, -0.05) is 29.8 Å². The Bertz CT molecular complexity index is 829. The fourth-order valence-corrected chi connectivity index (χ4v) is 2.31. The second kappa shape index (κ2) is 5.69. The van der Waals surface area contributed by atoms with Gasteiger partial charge in [0.1, 0.15) is 0 Å². The lowest BCUT2D eigenvalue weighted by atomic mass is 10.1. The number of aromatic amines is 1. The molecule has 0 amide bonds. The quantitative estimate of drug-likeness (QED) is 0.651. The molecule has 0 saturated carbocycles. The minimum atomic E-state index is -0.153. The second-order valence-electron chi connectivity index (χ2n) is 4.33. The smallest absolute Gasteiger partial charge is 0.256 e. The predicted octanol–water partition coefficient (Wildman–Crippen LogP) is 4.01. The Balaban J connectivity index is 0.00000147. The third-order valence-electron chi connectivity index (χ3n) is 3.06. The van der Waals surface area contributed by atoms with Crippen LogP contribution in [0.2, 0.25) is 5.02 Å². The molecule has 1 heterocycles. The maximum absolute atomic E-state index is 12.1. The van der Waals surface area contributed by atoms with Crippen molar-refractivity contribution in [1.29, 1.82) is 0 Å². The number of nitrogens with one attached hydrogen (secondary N) is 1. The number of H-pyrrole nitrogens is 1. The molecule has 0 atom stereocenters. The van der Waals surface area contributed by atoms with Gasteiger partial charge in [0, 0.05) is 27.2 Å². The van der Waals surface area contributed by atoms with E-state index in [4.69, 9.17) is 17.3 Å².